The molecule has 3 aromatic carbocycles. The van der Waals surface area contributed by atoms with Gasteiger partial charge in [-0.1, -0.05) is 53.0 Å². The third-order valence-electron chi connectivity index (χ3n) is 4.96. The van der Waals surface area contributed by atoms with Crippen LogP contribution in [-0.4, -0.2) is 33.2 Å². The van der Waals surface area contributed by atoms with Crippen molar-refractivity contribution >= 4 is 56.6 Å². The molecule has 9 heteroatoms. The zero-order valence-corrected chi connectivity index (χ0v) is 21.9. The standard InChI is InChI=1S/C25H26Cl2N2O3S2/c1-19-6-12-24(13-7-19)34(31,32)29(23-10-8-21(26)9-11-23)17-25(30)28-14-3-15-33-18-20-4-2-5-22(27)16-20/h2,4-13,16H,3,14-15,17-18H2,1H3,(H,28,30). The van der Waals surface area contributed by atoms with Crippen LogP contribution >= 0.6 is 35.0 Å². The largest absolute Gasteiger partial charge is 0.354 e. The van der Waals surface area contributed by atoms with Gasteiger partial charge in [0, 0.05) is 22.3 Å². The predicted octanol–water partition coefficient (Wildman–Crippen LogP) is 5.94. The van der Waals surface area contributed by atoms with Gasteiger partial charge in [-0.05, 0) is 73.2 Å². The minimum atomic E-state index is -3.94. The van der Waals surface area contributed by atoms with E-state index in [1.54, 1.807) is 60.3 Å². The van der Waals surface area contributed by atoms with Crippen LogP contribution in [0, 0.1) is 6.92 Å². The molecule has 0 aliphatic rings. The van der Waals surface area contributed by atoms with Crippen LogP contribution in [0.15, 0.2) is 77.7 Å². The van der Waals surface area contributed by atoms with Gasteiger partial charge in [0.2, 0.25) is 5.91 Å². The summed E-state index contributed by atoms with van der Waals surface area (Å²) in [7, 11) is -3.94. The molecule has 3 aromatic rings. The van der Waals surface area contributed by atoms with Crippen LogP contribution in [0.2, 0.25) is 10.0 Å². The molecule has 0 saturated carbocycles. The van der Waals surface area contributed by atoms with Crippen molar-refractivity contribution in [2.45, 2.75) is 24.0 Å². The Morgan fingerprint density at radius 1 is 0.971 bits per heavy atom. The van der Waals surface area contributed by atoms with Crippen LogP contribution in [0.3, 0.4) is 0 Å². The van der Waals surface area contributed by atoms with E-state index in [9.17, 15) is 13.2 Å². The lowest BCUT2D eigenvalue weighted by molar-refractivity contribution is -0.119. The number of amides is 1. The maximum atomic E-state index is 13.3. The van der Waals surface area contributed by atoms with Crippen molar-refractivity contribution in [1.29, 1.82) is 0 Å². The minimum absolute atomic E-state index is 0.123. The molecule has 0 aliphatic heterocycles. The molecule has 0 bridgehead atoms. The summed E-state index contributed by atoms with van der Waals surface area (Å²) in [5.41, 5.74) is 2.47. The van der Waals surface area contributed by atoms with Gasteiger partial charge in [0.1, 0.15) is 6.54 Å². The summed E-state index contributed by atoms with van der Waals surface area (Å²) in [6.45, 7) is 2.02. The number of carbonyl (C=O) groups is 1. The molecule has 0 fully saturated rings. The van der Waals surface area contributed by atoms with Gasteiger partial charge in [0.05, 0.1) is 10.6 Å². The summed E-state index contributed by atoms with van der Waals surface area (Å²) in [6, 6.07) is 20.7. The second-order valence-corrected chi connectivity index (χ2v) is 11.5. The number of rotatable bonds is 11. The van der Waals surface area contributed by atoms with Crippen LogP contribution in [0.25, 0.3) is 0 Å². The second-order valence-electron chi connectivity index (χ2n) is 7.69. The second kappa shape index (κ2) is 12.5. The summed E-state index contributed by atoms with van der Waals surface area (Å²) < 4.78 is 27.8. The fourth-order valence-corrected chi connectivity index (χ4v) is 5.83. The van der Waals surface area contributed by atoms with Gasteiger partial charge in [-0.3, -0.25) is 9.10 Å². The van der Waals surface area contributed by atoms with E-state index < -0.39 is 10.0 Å². The van der Waals surface area contributed by atoms with Gasteiger partial charge in [-0.15, -0.1) is 0 Å². The van der Waals surface area contributed by atoms with Crippen LogP contribution in [0.1, 0.15) is 17.5 Å². The fourth-order valence-electron chi connectivity index (χ4n) is 3.17. The normalized spacial score (nSPS) is 11.3. The van der Waals surface area contributed by atoms with E-state index >= 15 is 0 Å². The summed E-state index contributed by atoms with van der Waals surface area (Å²) in [5.74, 6) is 1.33. The van der Waals surface area contributed by atoms with E-state index in [0.29, 0.717) is 17.3 Å². The molecule has 5 nitrogen and oxygen atoms in total. The molecule has 0 aliphatic carbocycles. The third kappa shape index (κ3) is 7.67. The van der Waals surface area contributed by atoms with Crippen LogP contribution < -0.4 is 9.62 Å². The van der Waals surface area contributed by atoms with E-state index in [2.05, 4.69) is 5.32 Å². The smallest absolute Gasteiger partial charge is 0.264 e. The quantitative estimate of drug-likeness (QED) is 0.308. The van der Waals surface area contributed by atoms with Gasteiger partial charge in [-0.2, -0.15) is 11.8 Å². The van der Waals surface area contributed by atoms with Crippen molar-refractivity contribution in [3.63, 3.8) is 0 Å². The molecule has 0 unspecified atom stereocenters. The molecule has 0 heterocycles. The minimum Gasteiger partial charge on any atom is -0.354 e. The van der Waals surface area contributed by atoms with E-state index in [1.165, 1.54) is 0 Å². The Bertz CT molecular complexity index is 1200. The number of hydrogen-bond donors (Lipinski definition) is 1. The van der Waals surface area contributed by atoms with Gasteiger partial charge < -0.3 is 5.32 Å². The predicted molar refractivity (Wildman–Crippen MR) is 142 cm³/mol. The number of nitrogens with zero attached hydrogens (tertiary/aromatic N) is 1. The highest BCUT2D eigenvalue weighted by molar-refractivity contribution is 7.98. The Hall–Kier alpha value is -2.19. The molecule has 0 spiro atoms. The molecule has 180 valence electrons. The van der Waals surface area contributed by atoms with E-state index in [0.717, 1.165) is 38.4 Å². The Morgan fingerprint density at radius 2 is 1.68 bits per heavy atom. The summed E-state index contributed by atoms with van der Waals surface area (Å²) in [6.07, 6.45) is 0.766. The number of sulfonamides is 1. The van der Waals surface area contributed by atoms with Crippen molar-refractivity contribution < 1.29 is 13.2 Å². The lowest BCUT2D eigenvalue weighted by Gasteiger charge is -2.24. The van der Waals surface area contributed by atoms with Gasteiger partial charge in [-0.25, -0.2) is 8.42 Å². The molecular formula is C25H26Cl2N2O3S2. The molecule has 0 saturated heterocycles. The average molecular weight is 538 g/mol. The Balaban J connectivity index is 1.58. The first-order valence-electron chi connectivity index (χ1n) is 10.7. The van der Waals surface area contributed by atoms with Crippen LogP contribution in [0.5, 0.6) is 0 Å². The Labute approximate surface area is 215 Å². The molecule has 1 amide bonds. The molecular weight excluding hydrogens is 511 g/mol. The number of halogens is 2. The Morgan fingerprint density at radius 3 is 2.35 bits per heavy atom. The number of benzene rings is 3. The molecule has 3 rings (SSSR count). The number of carbonyl (C=O) groups excluding carboxylic acids is 1. The Kier molecular flexibility index (Phi) is 9.71. The van der Waals surface area contributed by atoms with E-state index in [1.807, 2.05) is 31.2 Å². The highest BCUT2D eigenvalue weighted by atomic mass is 35.5. The zero-order chi connectivity index (χ0) is 24.6. The van der Waals surface area contributed by atoms with Crippen molar-refractivity contribution in [2.24, 2.45) is 0 Å². The number of hydrogen-bond acceptors (Lipinski definition) is 4. The van der Waals surface area contributed by atoms with Crippen molar-refractivity contribution in [1.82, 2.24) is 5.32 Å². The van der Waals surface area contributed by atoms with Gasteiger partial charge in [0.25, 0.3) is 10.0 Å². The van der Waals surface area contributed by atoms with E-state index in [4.69, 9.17) is 23.2 Å². The number of nitrogens with one attached hydrogen (secondary N) is 1. The molecule has 1 N–H and O–H groups in total. The van der Waals surface area contributed by atoms with Crippen molar-refractivity contribution in [3.05, 3.63) is 94.0 Å². The number of anilines is 1. The highest BCUT2D eigenvalue weighted by Gasteiger charge is 2.27. The van der Waals surface area contributed by atoms with Crippen LogP contribution in [-0.2, 0) is 20.6 Å². The van der Waals surface area contributed by atoms with Gasteiger partial charge >= 0.3 is 0 Å². The summed E-state index contributed by atoms with van der Waals surface area (Å²) >= 11 is 13.7. The SMILES string of the molecule is Cc1ccc(S(=O)(=O)N(CC(=O)NCCCSCc2cccc(Cl)c2)c2ccc(Cl)cc2)cc1. The summed E-state index contributed by atoms with van der Waals surface area (Å²) in [4.78, 5) is 12.8. The van der Waals surface area contributed by atoms with E-state index in [-0.39, 0.29) is 17.3 Å². The first-order valence-corrected chi connectivity index (χ1v) is 14.0. The number of aryl methyl sites for hydroxylation is 1. The van der Waals surface area contributed by atoms with Gasteiger partial charge in [0.15, 0.2) is 0 Å². The molecule has 0 radical (unpaired) electrons. The van der Waals surface area contributed by atoms with Crippen molar-refractivity contribution in [3.8, 4) is 0 Å². The molecule has 0 atom stereocenters. The third-order valence-corrected chi connectivity index (χ3v) is 8.35. The number of thioether (sulfide) groups is 1. The first-order chi connectivity index (χ1) is 16.3. The maximum absolute atomic E-state index is 13.3. The average Bonchev–Trinajstić information content (AvgIpc) is 2.81. The highest BCUT2D eigenvalue weighted by Crippen LogP contribution is 2.25. The topological polar surface area (TPSA) is 66.5 Å². The lowest BCUT2D eigenvalue weighted by Crippen LogP contribution is -2.41. The maximum Gasteiger partial charge on any atom is 0.264 e. The molecule has 0 aromatic heterocycles. The molecule has 34 heavy (non-hydrogen) atoms. The van der Waals surface area contributed by atoms with Crippen LogP contribution in [0.4, 0.5) is 5.69 Å². The lowest BCUT2D eigenvalue weighted by atomic mass is 10.2. The van der Waals surface area contributed by atoms with Crippen molar-refractivity contribution in [2.75, 3.05) is 23.1 Å². The fraction of sp³-hybridized carbons (Fsp3) is 0.240. The summed E-state index contributed by atoms with van der Waals surface area (Å²) in [5, 5.41) is 4.03. The first kappa shape index (κ1) is 26.4. The monoisotopic (exact) mass is 536 g/mol. The zero-order valence-electron chi connectivity index (χ0n) is 18.7.